The summed E-state index contributed by atoms with van der Waals surface area (Å²) in [6, 6.07) is 7.82. The highest BCUT2D eigenvalue weighted by atomic mass is 35.5. The first-order chi connectivity index (χ1) is 10.7. The minimum atomic E-state index is -0.470. The molecule has 5 heteroatoms. The van der Waals surface area contributed by atoms with Crippen LogP contribution in [0.2, 0.25) is 5.02 Å². The Bertz CT molecular complexity index is 498. The van der Waals surface area contributed by atoms with Crippen molar-refractivity contribution in [1.82, 2.24) is 10.6 Å². The van der Waals surface area contributed by atoms with Crippen LogP contribution < -0.4 is 10.6 Å². The standard InChI is InChI=1S/C18H29ClN2O2/c1-13(2)15(12-21-17(22)23-18(3,4)5)11-20-10-14-7-6-8-16(19)9-14/h6-9,13,15,20H,10-12H2,1-5H3,(H,21,22). The number of nitrogens with one attached hydrogen (secondary N) is 2. The van der Waals surface area contributed by atoms with Crippen LogP contribution in [0.25, 0.3) is 0 Å². The molecule has 1 rings (SSSR count). The molecule has 4 nitrogen and oxygen atoms in total. The summed E-state index contributed by atoms with van der Waals surface area (Å²) in [5, 5.41) is 7.03. The van der Waals surface area contributed by atoms with E-state index in [4.69, 9.17) is 16.3 Å². The molecule has 1 aromatic carbocycles. The Labute approximate surface area is 144 Å². The molecule has 130 valence electrons. The molecule has 1 unspecified atom stereocenters. The van der Waals surface area contributed by atoms with Crippen LogP contribution in [0.1, 0.15) is 40.2 Å². The number of benzene rings is 1. The lowest BCUT2D eigenvalue weighted by Crippen LogP contribution is -2.39. The van der Waals surface area contributed by atoms with Gasteiger partial charge in [0.05, 0.1) is 0 Å². The summed E-state index contributed by atoms with van der Waals surface area (Å²) in [6.07, 6.45) is -0.363. The Morgan fingerprint density at radius 1 is 1.26 bits per heavy atom. The van der Waals surface area contributed by atoms with Gasteiger partial charge in [0, 0.05) is 24.7 Å². The summed E-state index contributed by atoms with van der Waals surface area (Å²) in [6.45, 7) is 12.1. The zero-order valence-corrected chi connectivity index (χ0v) is 15.5. The highest BCUT2D eigenvalue weighted by Crippen LogP contribution is 2.12. The van der Waals surface area contributed by atoms with Crippen molar-refractivity contribution in [1.29, 1.82) is 0 Å². The average molecular weight is 341 g/mol. The summed E-state index contributed by atoms with van der Waals surface area (Å²) in [4.78, 5) is 11.8. The minimum Gasteiger partial charge on any atom is -0.444 e. The van der Waals surface area contributed by atoms with Crippen LogP contribution >= 0.6 is 11.6 Å². The molecule has 0 saturated heterocycles. The number of rotatable bonds is 7. The van der Waals surface area contributed by atoms with E-state index >= 15 is 0 Å². The van der Waals surface area contributed by atoms with Crippen LogP contribution in [0.4, 0.5) is 4.79 Å². The number of hydrogen-bond acceptors (Lipinski definition) is 3. The molecule has 0 aliphatic carbocycles. The number of carbonyl (C=O) groups is 1. The van der Waals surface area contributed by atoms with Crippen LogP contribution in [0.15, 0.2) is 24.3 Å². The van der Waals surface area contributed by atoms with Crippen LogP contribution in [0, 0.1) is 11.8 Å². The second kappa shape index (κ2) is 9.14. The molecule has 0 spiro atoms. The molecule has 0 aromatic heterocycles. The molecule has 0 radical (unpaired) electrons. The first-order valence-corrected chi connectivity index (χ1v) is 8.47. The molecule has 0 bridgehead atoms. The monoisotopic (exact) mass is 340 g/mol. The molecule has 1 aromatic rings. The van der Waals surface area contributed by atoms with Gasteiger partial charge < -0.3 is 15.4 Å². The second-order valence-electron chi connectivity index (χ2n) is 7.15. The van der Waals surface area contributed by atoms with Gasteiger partial charge in [0.1, 0.15) is 5.60 Å². The van der Waals surface area contributed by atoms with Crippen molar-refractivity contribution in [2.45, 2.75) is 46.8 Å². The van der Waals surface area contributed by atoms with E-state index in [1.165, 1.54) is 0 Å². The van der Waals surface area contributed by atoms with E-state index in [1.807, 2.05) is 45.0 Å². The van der Waals surface area contributed by atoms with Crippen LogP contribution in [-0.2, 0) is 11.3 Å². The quantitative estimate of drug-likeness (QED) is 0.781. The Morgan fingerprint density at radius 2 is 1.96 bits per heavy atom. The third kappa shape index (κ3) is 8.82. The van der Waals surface area contributed by atoms with Crippen molar-refractivity contribution >= 4 is 17.7 Å². The summed E-state index contributed by atoms with van der Waals surface area (Å²) in [7, 11) is 0. The molecule has 0 fully saturated rings. The number of carbonyl (C=O) groups excluding carboxylic acids is 1. The smallest absolute Gasteiger partial charge is 0.407 e. The predicted octanol–water partition coefficient (Wildman–Crippen LogP) is 4.23. The fourth-order valence-electron chi connectivity index (χ4n) is 2.12. The van der Waals surface area contributed by atoms with Crippen LogP contribution in [0.5, 0.6) is 0 Å². The molecule has 0 saturated carbocycles. The molecular formula is C18H29ClN2O2. The number of amides is 1. The fourth-order valence-corrected chi connectivity index (χ4v) is 2.33. The van der Waals surface area contributed by atoms with E-state index in [9.17, 15) is 4.79 Å². The van der Waals surface area contributed by atoms with Gasteiger partial charge in [0.15, 0.2) is 0 Å². The number of halogens is 1. The van der Waals surface area contributed by atoms with Gasteiger partial charge in [-0.15, -0.1) is 0 Å². The van der Waals surface area contributed by atoms with Crippen molar-refractivity contribution in [2.75, 3.05) is 13.1 Å². The fraction of sp³-hybridized carbons (Fsp3) is 0.611. The Balaban J connectivity index is 2.39. The largest absolute Gasteiger partial charge is 0.444 e. The van der Waals surface area contributed by atoms with Gasteiger partial charge in [-0.1, -0.05) is 37.6 Å². The molecule has 23 heavy (non-hydrogen) atoms. The lowest BCUT2D eigenvalue weighted by molar-refractivity contribution is 0.0515. The maximum atomic E-state index is 11.8. The van der Waals surface area contributed by atoms with Gasteiger partial charge in [0.25, 0.3) is 0 Å². The van der Waals surface area contributed by atoms with Crippen molar-refractivity contribution in [2.24, 2.45) is 11.8 Å². The summed E-state index contributed by atoms with van der Waals surface area (Å²) in [5.41, 5.74) is 0.683. The van der Waals surface area contributed by atoms with Gasteiger partial charge in [-0.3, -0.25) is 0 Å². The highest BCUT2D eigenvalue weighted by molar-refractivity contribution is 6.30. The predicted molar refractivity (Wildman–Crippen MR) is 95.7 cm³/mol. The number of ether oxygens (including phenoxy) is 1. The third-order valence-corrected chi connectivity index (χ3v) is 3.71. The zero-order valence-electron chi connectivity index (χ0n) is 14.8. The van der Waals surface area contributed by atoms with Crippen LogP contribution in [0.3, 0.4) is 0 Å². The molecular weight excluding hydrogens is 312 g/mol. The molecule has 1 amide bonds. The third-order valence-electron chi connectivity index (χ3n) is 3.47. The molecule has 0 aliphatic rings. The Morgan fingerprint density at radius 3 is 2.52 bits per heavy atom. The normalized spacial score (nSPS) is 13.0. The summed E-state index contributed by atoms with van der Waals surface area (Å²) in [5.74, 6) is 0.790. The van der Waals surface area contributed by atoms with Crippen molar-refractivity contribution in [3.8, 4) is 0 Å². The topological polar surface area (TPSA) is 50.4 Å². The molecule has 0 heterocycles. The summed E-state index contributed by atoms with van der Waals surface area (Å²) < 4.78 is 5.27. The highest BCUT2D eigenvalue weighted by Gasteiger charge is 2.18. The van der Waals surface area contributed by atoms with E-state index in [2.05, 4.69) is 24.5 Å². The van der Waals surface area contributed by atoms with Crippen LogP contribution in [-0.4, -0.2) is 24.8 Å². The van der Waals surface area contributed by atoms with Gasteiger partial charge >= 0.3 is 6.09 Å². The first kappa shape index (κ1) is 19.8. The first-order valence-electron chi connectivity index (χ1n) is 8.09. The molecule has 2 N–H and O–H groups in total. The van der Waals surface area contributed by atoms with Gasteiger partial charge in [-0.2, -0.15) is 0 Å². The average Bonchev–Trinajstić information content (AvgIpc) is 2.40. The molecule has 0 aliphatic heterocycles. The Hall–Kier alpha value is -1.26. The van der Waals surface area contributed by atoms with E-state index in [0.717, 1.165) is 23.7 Å². The van der Waals surface area contributed by atoms with Crippen molar-refractivity contribution < 1.29 is 9.53 Å². The second-order valence-corrected chi connectivity index (χ2v) is 7.58. The molecule has 1 atom stereocenters. The lowest BCUT2D eigenvalue weighted by Gasteiger charge is -2.24. The van der Waals surface area contributed by atoms with E-state index in [0.29, 0.717) is 18.4 Å². The SMILES string of the molecule is CC(C)C(CNCc1cccc(Cl)c1)CNC(=O)OC(C)(C)C. The lowest BCUT2D eigenvalue weighted by atomic mass is 9.95. The maximum Gasteiger partial charge on any atom is 0.407 e. The van der Waals surface area contributed by atoms with E-state index in [-0.39, 0.29) is 6.09 Å². The summed E-state index contributed by atoms with van der Waals surface area (Å²) >= 11 is 5.98. The number of hydrogen-bond donors (Lipinski definition) is 2. The van der Waals surface area contributed by atoms with E-state index in [1.54, 1.807) is 0 Å². The maximum absolute atomic E-state index is 11.8. The van der Waals surface area contributed by atoms with Crippen molar-refractivity contribution in [3.05, 3.63) is 34.9 Å². The van der Waals surface area contributed by atoms with Crippen molar-refractivity contribution in [3.63, 3.8) is 0 Å². The van der Waals surface area contributed by atoms with E-state index < -0.39 is 5.60 Å². The van der Waals surface area contributed by atoms with Gasteiger partial charge in [0.2, 0.25) is 0 Å². The Kier molecular flexibility index (Phi) is 7.86. The minimum absolute atomic E-state index is 0.335. The van der Waals surface area contributed by atoms with Gasteiger partial charge in [-0.05, 0) is 50.3 Å². The zero-order chi connectivity index (χ0) is 17.5. The number of alkyl carbamates (subject to hydrolysis) is 1. The van der Waals surface area contributed by atoms with Gasteiger partial charge in [-0.25, -0.2) is 4.79 Å².